The molecule has 0 bridgehead atoms. The number of carbonyl (C=O) groups excluding carboxylic acids is 1. The van der Waals surface area contributed by atoms with Gasteiger partial charge in [0.25, 0.3) is 0 Å². The van der Waals surface area contributed by atoms with Crippen molar-refractivity contribution >= 4 is 21.6 Å². The Bertz CT molecular complexity index is 985. The zero-order valence-corrected chi connectivity index (χ0v) is 15.5. The first-order chi connectivity index (χ1) is 12.4. The van der Waals surface area contributed by atoms with Crippen molar-refractivity contribution < 1.29 is 17.9 Å². The molecular weight excluding hydrogens is 352 g/mol. The molecule has 1 fully saturated rings. The van der Waals surface area contributed by atoms with Gasteiger partial charge in [0.05, 0.1) is 17.4 Å². The van der Waals surface area contributed by atoms with Gasteiger partial charge in [-0.2, -0.15) is 4.31 Å². The summed E-state index contributed by atoms with van der Waals surface area (Å²) in [4.78, 5) is 13.0. The van der Waals surface area contributed by atoms with Crippen LogP contribution in [0.3, 0.4) is 0 Å². The standard InChI is InChI=1S/C19H20N2O4S/c1-13-3-6-15(7-4-13)26(23,24)21-10-9-19(12-21)16-11-14(25-2)5-8-17(16)20-18(19)22/h3-8,11H,9-10,12H2,1-2H3,(H,20,22)/t19-/m1/s1. The first-order valence-electron chi connectivity index (χ1n) is 8.44. The number of aryl methyl sites for hydroxylation is 1. The fraction of sp³-hybridized carbons (Fsp3) is 0.316. The van der Waals surface area contributed by atoms with Gasteiger partial charge >= 0.3 is 0 Å². The number of benzene rings is 2. The van der Waals surface area contributed by atoms with E-state index < -0.39 is 15.4 Å². The summed E-state index contributed by atoms with van der Waals surface area (Å²) in [6.45, 7) is 2.35. The Labute approximate surface area is 152 Å². The lowest BCUT2D eigenvalue weighted by Gasteiger charge is -2.23. The number of nitrogens with one attached hydrogen (secondary N) is 1. The number of amides is 1. The highest BCUT2D eigenvalue weighted by Gasteiger charge is 2.53. The van der Waals surface area contributed by atoms with Crippen molar-refractivity contribution in [1.29, 1.82) is 0 Å². The molecule has 136 valence electrons. The molecule has 0 saturated carbocycles. The largest absolute Gasteiger partial charge is 0.497 e. The van der Waals surface area contributed by atoms with Crippen LogP contribution in [0.4, 0.5) is 5.69 Å². The van der Waals surface area contributed by atoms with Crippen LogP contribution < -0.4 is 10.1 Å². The van der Waals surface area contributed by atoms with E-state index in [9.17, 15) is 13.2 Å². The summed E-state index contributed by atoms with van der Waals surface area (Å²) in [5.74, 6) is 0.502. The number of nitrogens with zero attached hydrogens (tertiary/aromatic N) is 1. The predicted molar refractivity (Wildman–Crippen MR) is 97.9 cm³/mol. The zero-order valence-electron chi connectivity index (χ0n) is 14.7. The molecule has 2 aromatic rings. The maximum Gasteiger partial charge on any atom is 0.243 e. The smallest absolute Gasteiger partial charge is 0.243 e. The molecule has 0 unspecified atom stereocenters. The van der Waals surface area contributed by atoms with Crippen LogP contribution in [0.1, 0.15) is 17.5 Å². The van der Waals surface area contributed by atoms with Gasteiger partial charge in [0, 0.05) is 18.8 Å². The zero-order chi connectivity index (χ0) is 18.5. The fourth-order valence-corrected chi connectivity index (χ4v) is 5.26. The van der Waals surface area contributed by atoms with Crippen LogP contribution in [-0.4, -0.2) is 38.8 Å². The summed E-state index contributed by atoms with van der Waals surface area (Å²) in [6.07, 6.45) is 0.449. The van der Waals surface area contributed by atoms with Crippen LogP contribution >= 0.6 is 0 Å². The molecular formula is C19H20N2O4S. The van der Waals surface area contributed by atoms with Gasteiger partial charge in [0.15, 0.2) is 0 Å². The number of methoxy groups -OCH3 is 1. The summed E-state index contributed by atoms with van der Waals surface area (Å²) in [7, 11) is -2.07. The van der Waals surface area contributed by atoms with Crippen molar-refractivity contribution in [2.75, 3.05) is 25.5 Å². The van der Waals surface area contributed by atoms with Crippen molar-refractivity contribution in [3.05, 3.63) is 53.6 Å². The normalized spacial score (nSPS) is 22.5. The van der Waals surface area contributed by atoms with Crippen LogP contribution in [-0.2, 0) is 20.2 Å². The maximum atomic E-state index is 13.0. The van der Waals surface area contributed by atoms with Crippen molar-refractivity contribution in [3.8, 4) is 5.75 Å². The SMILES string of the molecule is COc1ccc2c(c1)[C@]1(CCN(S(=O)(=O)c3ccc(C)cc3)C1)C(=O)N2. The number of anilines is 1. The average Bonchev–Trinajstić information content (AvgIpc) is 3.19. The Kier molecular flexibility index (Phi) is 3.82. The first kappa shape index (κ1) is 17.1. The van der Waals surface area contributed by atoms with Gasteiger partial charge in [-0.05, 0) is 49.2 Å². The van der Waals surface area contributed by atoms with Crippen LogP contribution in [0.5, 0.6) is 5.75 Å². The molecule has 6 nitrogen and oxygen atoms in total. The molecule has 2 heterocycles. The van der Waals surface area contributed by atoms with Gasteiger partial charge in [-0.3, -0.25) is 4.79 Å². The average molecular weight is 372 g/mol. The van der Waals surface area contributed by atoms with E-state index in [0.29, 0.717) is 18.7 Å². The quantitative estimate of drug-likeness (QED) is 0.897. The molecule has 0 aliphatic carbocycles. The summed E-state index contributed by atoms with van der Waals surface area (Å²) >= 11 is 0. The van der Waals surface area contributed by atoms with Gasteiger partial charge in [0.2, 0.25) is 15.9 Å². The molecule has 2 aromatic carbocycles. The highest BCUT2D eigenvalue weighted by Crippen LogP contribution is 2.46. The molecule has 1 amide bonds. The lowest BCUT2D eigenvalue weighted by Crippen LogP contribution is -2.39. The molecule has 1 saturated heterocycles. The Morgan fingerprint density at radius 3 is 2.58 bits per heavy atom. The maximum absolute atomic E-state index is 13.0. The third kappa shape index (κ3) is 2.42. The number of ether oxygens (including phenoxy) is 1. The highest BCUT2D eigenvalue weighted by atomic mass is 32.2. The second-order valence-corrected chi connectivity index (χ2v) is 8.79. The minimum absolute atomic E-state index is 0.134. The number of hydrogen-bond acceptors (Lipinski definition) is 4. The van der Waals surface area contributed by atoms with Gasteiger partial charge in [-0.25, -0.2) is 8.42 Å². The minimum Gasteiger partial charge on any atom is -0.497 e. The van der Waals surface area contributed by atoms with Crippen molar-refractivity contribution in [1.82, 2.24) is 4.31 Å². The van der Waals surface area contributed by atoms with Crippen LogP contribution in [0.2, 0.25) is 0 Å². The number of rotatable bonds is 3. The molecule has 7 heteroatoms. The lowest BCUT2D eigenvalue weighted by atomic mass is 9.81. The molecule has 2 aliphatic rings. The van der Waals surface area contributed by atoms with E-state index in [-0.39, 0.29) is 17.3 Å². The number of carbonyl (C=O) groups is 1. The molecule has 2 aliphatic heterocycles. The van der Waals surface area contributed by atoms with Gasteiger partial charge < -0.3 is 10.1 Å². The highest BCUT2D eigenvalue weighted by molar-refractivity contribution is 7.89. The third-order valence-electron chi connectivity index (χ3n) is 5.32. The molecule has 1 spiro atoms. The molecule has 26 heavy (non-hydrogen) atoms. The summed E-state index contributed by atoms with van der Waals surface area (Å²) in [5.41, 5.74) is 1.67. The van der Waals surface area contributed by atoms with Crippen molar-refractivity contribution in [3.63, 3.8) is 0 Å². The first-order valence-corrected chi connectivity index (χ1v) is 9.88. The molecule has 1 N–H and O–H groups in total. The third-order valence-corrected chi connectivity index (χ3v) is 7.18. The Balaban J connectivity index is 1.71. The van der Waals surface area contributed by atoms with Crippen molar-refractivity contribution in [2.45, 2.75) is 23.7 Å². The fourth-order valence-electron chi connectivity index (χ4n) is 3.76. The Hall–Kier alpha value is -2.38. The van der Waals surface area contributed by atoms with E-state index in [1.807, 2.05) is 13.0 Å². The Morgan fingerprint density at radius 2 is 1.88 bits per heavy atom. The summed E-state index contributed by atoms with van der Waals surface area (Å²) < 4.78 is 32.7. The van der Waals surface area contributed by atoms with Crippen LogP contribution in [0.15, 0.2) is 47.4 Å². The van der Waals surface area contributed by atoms with Gasteiger partial charge in [-0.15, -0.1) is 0 Å². The number of fused-ring (bicyclic) bond motifs is 2. The van der Waals surface area contributed by atoms with Gasteiger partial charge in [-0.1, -0.05) is 17.7 Å². The molecule has 4 rings (SSSR count). The summed E-state index contributed by atoms with van der Waals surface area (Å²) in [6, 6.07) is 12.2. The Morgan fingerprint density at radius 1 is 1.15 bits per heavy atom. The van der Waals surface area contributed by atoms with E-state index in [1.165, 1.54) is 4.31 Å². The van der Waals surface area contributed by atoms with Gasteiger partial charge in [0.1, 0.15) is 5.75 Å². The summed E-state index contributed by atoms with van der Waals surface area (Å²) in [5, 5.41) is 2.88. The second-order valence-electron chi connectivity index (χ2n) is 6.85. The molecule has 1 atom stereocenters. The minimum atomic E-state index is -3.64. The molecule has 0 aromatic heterocycles. The second kappa shape index (κ2) is 5.82. The van der Waals surface area contributed by atoms with E-state index >= 15 is 0 Å². The lowest BCUT2D eigenvalue weighted by molar-refractivity contribution is -0.120. The monoisotopic (exact) mass is 372 g/mol. The molecule has 0 radical (unpaired) electrons. The number of hydrogen-bond donors (Lipinski definition) is 1. The van der Waals surface area contributed by atoms with E-state index in [1.54, 1.807) is 43.5 Å². The van der Waals surface area contributed by atoms with Crippen molar-refractivity contribution in [2.24, 2.45) is 0 Å². The predicted octanol–water partition coefficient (Wildman–Crippen LogP) is 2.29. The topological polar surface area (TPSA) is 75.7 Å². The van der Waals surface area contributed by atoms with Crippen LogP contribution in [0.25, 0.3) is 0 Å². The van der Waals surface area contributed by atoms with E-state index in [0.717, 1.165) is 16.8 Å². The van der Waals surface area contributed by atoms with E-state index in [4.69, 9.17) is 4.74 Å². The number of sulfonamides is 1. The van der Waals surface area contributed by atoms with Crippen LogP contribution in [0, 0.1) is 6.92 Å². The van der Waals surface area contributed by atoms with E-state index in [2.05, 4.69) is 5.32 Å².